The first-order valence-corrected chi connectivity index (χ1v) is 14.6. The lowest BCUT2D eigenvalue weighted by Crippen LogP contribution is -2.50. The van der Waals surface area contributed by atoms with Crippen LogP contribution in [0, 0.1) is 0 Å². The summed E-state index contributed by atoms with van der Waals surface area (Å²) in [4.78, 5) is 41.1. The van der Waals surface area contributed by atoms with Crippen molar-refractivity contribution in [2.24, 2.45) is 0 Å². The van der Waals surface area contributed by atoms with E-state index < -0.39 is 22.0 Å². The fraction of sp³-hybridized carbons (Fsp3) is 0.276. The summed E-state index contributed by atoms with van der Waals surface area (Å²) in [5, 5.41) is 3.39. The maximum atomic E-state index is 13.7. The van der Waals surface area contributed by atoms with Crippen LogP contribution in [0.1, 0.15) is 41.3 Å². The molecule has 1 unspecified atom stereocenters. The Balaban J connectivity index is 1.55. The molecule has 4 rings (SSSR count). The predicted octanol–water partition coefficient (Wildman–Crippen LogP) is 4.04. The molecule has 0 aromatic heterocycles. The zero-order valence-corrected chi connectivity index (χ0v) is 23.1. The Morgan fingerprint density at radius 3 is 2.28 bits per heavy atom. The molecule has 1 aliphatic rings. The number of sulfonamides is 1. The van der Waals surface area contributed by atoms with Crippen LogP contribution in [0.5, 0.6) is 0 Å². The SMILES string of the molecule is CCNC(=O)C(Cc1ccccc1)N(Cc1ccc(Cl)cc1)C(=O)CCCN1C(=O)c2ccccc2S1(=O)=O. The molecule has 0 bridgehead atoms. The second kappa shape index (κ2) is 12.4. The minimum atomic E-state index is -3.96. The molecule has 0 fully saturated rings. The van der Waals surface area contributed by atoms with Crippen LogP contribution in [0.25, 0.3) is 0 Å². The van der Waals surface area contributed by atoms with Crippen molar-refractivity contribution in [3.8, 4) is 0 Å². The number of hydrogen-bond acceptors (Lipinski definition) is 5. The van der Waals surface area contributed by atoms with E-state index in [1.165, 1.54) is 17.0 Å². The van der Waals surface area contributed by atoms with E-state index in [-0.39, 0.29) is 48.2 Å². The third-order valence-corrected chi connectivity index (χ3v) is 8.64. The third-order valence-electron chi connectivity index (χ3n) is 6.55. The highest BCUT2D eigenvalue weighted by Crippen LogP contribution is 2.30. The summed E-state index contributed by atoms with van der Waals surface area (Å²) in [7, 11) is -3.96. The number of nitrogens with one attached hydrogen (secondary N) is 1. The highest BCUT2D eigenvalue weighted by molar-refractivity contribution is 7.90. The van der Waals surface area contributed by atoms with E-state index in [9.17, 15) is 22.8 Å². The molecule has 0 spiro atoms. The molecule has 1 N–H and O–H groups in total. The van der Waals surface area contributed by atoms with E-state index in [0.29, 0.717) is 18.0 Å². The highest BCUT2D eigenvalue weighted by atomic mass is 35.5. The Bertz CT molecular complexity index is 1450. The second-order valence-corrected chi connectivity index (χ2v) is 11.5. The van der Waals surface area contributed by atoms with Crippen LogP contribution < -0.4 is 5.32 Å². The molecule has 0 aliphatic carbocycles. The van der Waals surface area contributed by atoms with Crippen molar-refractivity contribution in [1.29, 1.82) is 0 Å². The van der Waals surface area contributed by atoms with E-state index in [1.54, 1.807) is 36.4 Å². The number of carbonyl (C=O) groups excluding carboxylic acids is 3. The quantitative estimate of drug-likeness (QED) is 0.377. The van der Waals surface area contributed by atoms with Gasteiger partial charge >= 0.3 is 0 Å². The largest absolute Gasteiger partial charge is 0.355 e. The molecule has 0 radical (unpaired) electrons. The summed E-state index contributed by atoms with van der Waals surface area (Å²) in [6.45, 7) is 2.24. The van der Waals surface area contributed by atoms with Gasteiger partial charge in [-0.3, -0.25) is 14.4 Å². The molecule has 0 saturated carbocycles. The van der Waals surface area contributed by atoms with Crippen LogP contribution in [-0.2, 0) is 32.6 Å². The number of likely N-dealkylation sites (N-methyl/N-ethyl adjacent to an activating group) is 1. The first kappa shape index (κ1) is 28.3. The average Bonchev–Trinajstić information content (AvgIpc) is 3.13. The molecular weight excluding hydrogens is 538 g/mol. The maximum Gasteiger partial charge on any atom is 0.269 e. The van der Waals surface area contributed by atoms with Gasteiger partial charge < -0.3 is 10.2 Å². The van der Waals surface area contributed by atoms with E-state index in [2.05, 4.69) is 5.32 Å². The Morgan fingerprint density at radius 1 is 0.949 bits per heavy atom. The molecule has 3 aromatic rings. The number of carbonyl (C=O) groups is 3. The summed E-state index contributed by atoms with van der Waals surface area (Å²) < 4.78 is 26.6. The number of halogens is 1. The van der Waals surface area contributed by atoms with Gasteiger partial charge in [-0.25, -0.2) is 12.7 Å². The standard InChI is InChI=1S/C29H30ClN3O5S/c1-2-31-28(35)25(19-21-9-4-3-5-10-21)32(20-22-14-16-23(30)17-15-22)27(34)13-8-18-33-29(36)24-11-6-7-12-26(24)39(33,37)38/h3-7,9-12,14-17,25H,2,8,13,18-20H2,1H3,(H,31,35). The maximum absolute atomic E-state index is 13.7. The van der Waals surface area contributed by atoms with Crippen molar-refractivity contribution in [3.63, 3.8) is 0 Å². The zero-order valence-electron chi connectivity index (χ0n) is 21.5. The van der Waals surface area contributed by atoms with Crippen LogP contribution in [0.15, 0.2) is 83.8 Å². The second-order valence-electron chi connectivity index (χ2n) is 9.23. The smallest absolute Gasteiger partial charge is 0.269 e. The lowest BCUT2D eigenvalue weighted by Gasteiger charge is -2.31. The minimum Gasteiger partial charge on any atom is -0.355 e. The Hall–Kier alpha value is -3.69. The van der Waals surface area contributed by atoms with Gasteiger partial charge in [0.2, 0.25) is 11.8 Å². The van der Waals surface area contributed by atoms with Gasteiger partial charge in [-0.2, -0.15) is 0 Å². The van der Waals surface area contributed by atoms with Gasteiger partial charge in [0.25, 0.3) is 15.9 Å². The predicted molar refractivity (Wildman–Crippen MR) is 149 cm³/mol. The molecule has 204 valence electrons. The van der Waals surface area contributed by atoms with Crippen LogP contribution >= 0.6 is 11.6 Å². The Labute approximate surface area is 233 Å². The van der Waals surface area contributed by atoms with Crippen LogP contribution in [0.4, 0.5) is 0 Å². The van der Waals surface area contributed by atoms with Crippen molar-refractivity contribution in [1.82, 2.24) is 14.5 Å². The van der Waals surface area contributed by atoms with Crippen molar-refractivity contribution in [3.05, 3.63) is 101 Å². The van der Waals surface area contributed by atoms with Crippen molar-refractivity contribution in [2.75, 3.05) is 13.1 Å². The molecule has 3 amide bonds. The molecule has 1 heterocycles. The van der Waals surface area contributed by atoms with Crippen LogP contribution in [-0.4, -0.2) is 54.5 Å². The number of fused-ring (bicyclic) bond motifs is 1. The third kappa shape index (κ3) is 6.49. The molecule has 3 aromatic carbocycles. The fourth-order valence-corrected chi connectivity index (χ4v) is 6.34. The number of rotatable bonds is 11. The number of amides is 3. The normalized spacial score (nSPS) is 14.5. The van der Waals surface area contributed by atoms with Crippen molar-refractivity contribution in [2.45, 2.75) is 43.7 Å². The summed E-state index contributed by atoms with van der Waals surface area (Å²) in [5.41, 5.74) is 1.82. The van der Waals surface area contributed by atoms with Gasteiger partial charge in [-0.15, -0.1) is 0 Å². The molecule has 1 aliphatic heterocycles. The molecule has 10 heteroatoms. The summed E-state index contributed by atoms with van der Waals surface area (Å²) in [6.07, 6.45) is 0.372. The average molecular weight is 568 g/mol. The first-order chi connectivity index (χ1) is 18.7. The van der Waals surface area contributed by atoms with Gasteiger partial charge in [0.15, 0.2) is 0 Å². The van der Waals surface area contributed by atoms with E-state index in [0.717, 1.165) is 15.4 Å². The molecule has 1 atom stereocenters. The minimum absolute atomic E-state index is 0.0233. The highest BCUT2D eigenvalue weighted by Gasteiger charge is 2.40. The summed E-state index contributed by atoms with van der Waals surface area (Å²) in [6, 6.07) is 21.8. The Morgan fingerprint density at radius 2 is 1.62 bits per heavy atom. The molecule has 39 heavy (non-hydrogen) atoms. The zero-order chi connectivity index (χ0) is 28.0. The van der Waals surface area contributed by atoms with E-state index >= 15 is 0 Å². The van der Waals surface area contributed by atoms with Crippen LogP contribution in [0.2, 0.25) is 5.02 Å². The molecule has 8 nitrogen and oxygen atoms in total. The Kier molecular flexibility index (Phi) is 9.04. The first-order valence-electron chi connectivity index (χ1n) is 12.7. The number of nitrogens with zero attached hydrogens (tertiary/aromatic N) is 2. The lowest BCUT2D eigenvalue weighted by atomic mass is 10.0. The molecule has 0 saturated heterocycles. The summed E-state index contributed by atoms with van der Waals surface area (Å²) >= 11 is 6.05. The van der Waals surface area contributed by atoms with Crippen LogP contribution in [0.3, 0.4) is 0 Å². The topological polar surface area (TPSA) is 104 Å². The van der Waals surface area contributed by atoms with Crippen molar-refractivity contribution >= 4 is 39.3 Å². The van der Waals surface area contributed by atoms with Crippen molar-refractivity contribution < 1.29 is 22.8 Å². The summed E-state index contributed by atoms with van der Waals surface area (Å²) in [5.74, 6) is -1.20. The molecular formula is C29H30ClN3O5S. The van der Waals surface area contributed by atoms with Gasteiger partial charge in [0.05, 0.1) is 5.56 Å². The monoisotopic (exact) mass is 567 g/mol. The van der Waals surface area contributed by atoms with Gasteiger partial charge in [-0.1, -0.05) is 66.2 Å². The van der Waals surface area contributed by atoms with E-state index in [1.807, 2.05) is 37.3 Å². The fourth-order valence-electron chi connectivity index (χ4n) is 4.60. The van der Waals surface area contributed by atoms with E-state index in [4.69, 9.17) is 11.6 Å². The van der Waals surface area contributed by atoms with Gasteiger partial charge in [-0.05, 0) is 48.7 Å². The van der Waals surface area contributed by atoms with Gasteiger partial charge in [0.1, 0.15) is 10.9 Å². The lowest BCUT2D eigenvalue weighted by molar-refractivity contribution is -0.141. The van der Waals surface area contributed by atoms with Gasteiger partial charge in [0, 0.05) is 37.5 Å². The number of hydrogen-bond donors (Lipinski definition) is 1. The number of benzene rings is 3.